The smallest absolute Gasteiger partial charge is 0.261 e. The zero-order chi connectivity index (χ0) is 21.4. The minimum absolute atomic E-state index is 0.168. The third kappa shape index (κ3) is 7.06. The van der Waals surface area contributed by atoms with Crippen molar-refractivity contribution in [3.8, 4) is 5.75 Å². The number of benzene rings is 2. The molecule has 1 N–H and O–H groups in total. The summed E-state index contributed by atoms with van der Waals surface area (Å²) in [6.07, 6.45) is 0. The van der Waals surface area contributed by atoms with Crippen molar-refractivity contribution in [2.24, 2.45) is 5.92 Å². The maximum absolute atomic E-state index is 13.0. The van der Waals surface area contributed by atoms with Gasteiger partial charge < -0.3 is 15.0 Å². The number of hydrogen-bond acceptors (Lipinski definition) is 3. The van der Waals surface area contributed by atoms with Gasteiger partial charge in [-0.2, -0.15) is 0 Å². The highest BCUT2D eigenvalue weighted by atomic mass is 35.5. The lowest BCUT2D eigenvalue weighted by Crippen LogP contribution is -2.49. The first-order valence-corrected chi connectivity index (χ1v) is 9.84. The molecule has 2 amide bonds. The van der Waals surface area contributed by atoms with Gasteiger partial charge in [0.2, 0.25) is 5.91 Å². The Morgan fingerprint density at radius 3 is 2.38 bits per heavy atom. The Morgan fingerprint density at radius 1 is 1.10 bits per heavy atom. The zero-order valence-corrected chi connectivity index (χ0v) is 17.6. The van der Waals surface area contributed by atoms with Crippen LogP contribution in [0.15, 0.2) is 48.5 Å². The molecule has 0 aromatic heterocycles. The minimum atomic E-state index is -0.714. The van der Waals surface area contributed by atoms with Gasteiger partial charge in [0.15, 0.2) is 6.61 Å². The molecule has 0 spiro atoms. The zero-order valence-electron chi connectivity index (χ0n) is 16.8. The molecular formula is C22H26ClFN2O3. The molecule has 156 valence electrons. The highest BCUT2D eigenvalue weighted by molar-refractivity contribution is 6.31. The van der Waals surface area contributed by atoms with E-state index in [0.717, 1.165) is 5.56 Å². The fourth-order valence-electron chi connectivity index (χ4n) is 2.60. The summed E-state index contributed by atoms with van der Waals surface area (Å²) in [5.74, 6) is -0.350. The van der Waals surface area contributed by atoms with Gasteiger partial charge in [0.1, 0.15) is 17.6 Å². The van der Waals surface area contributed by atoms with Crippen LogP contribution in [0.1, 0.15) is 26.3 Å². The molecule has 0 aliphatic carbocycles. The van der Waals surface area contributed by atoms with Crippen molar-refractivity contribution in [2.45, 2.75) is 33.4 Å². The lowest BCUT2D eigenvalue weighted by molar-refractivity contribution is -0.142. The molecule has 0 unspecified atom stereocenters. The van der Waals surface area contributed by atoms with Crippen molar-refractivity contribution in [1.82, 2.24) is 10.2 Å². The quantitative estimate of drug-likeness (QED) is 0.665. The molecule has 0 bridgehead atoms. The van der Waals surface area contributed by atoms with Crippen LogP contribution in [0, 0.1) is 11.7 Å². The molecule has 2 aromatic carbocycles. The molecule has 29 heavy (non-hydrogen) atoms. The second-order valence-corrected chi connectivity index (χ2v) is 7.58. The lowest BCUT2D eigenvalue weighted by Gasteiger charge is -2.29. The van der Waals surface area contributed by atoms with Gasteiger partial charge in [-0.1, -0.05) is 43.6 Å². The van der Waals surface area contributed by atoms with Gasteiger partial charge in [-0.15, -0.1) is 0 Å². The van der Waals surface area contributed by atoms with Crippen molar-refractivity contribution in [3.05, 3.63) is 64.9 Å². The molecule has 1 atom stereocenters. The summed E-state index contributed by atoms with van der Waals surface area (Å²) in [7, 11) is 0. The number of carbonyl (C=O) groups is 2. The molecule has 0 radical (unpaired) electrons. The number of hydrogen-bond donors (Lipinski definition) is 1. The molecule has 0 fully saturated rings. The van der Waals surface area contributed by atoms with E-state index in [4.69, 9.17) is 16.3 Å². The van der Waals surface area contributed by atoms with E-state index in [1.807, 2.05) is 26.0 Å². The Labute approximate surface area is 175 Å². The number of carbonyl (C=O) groups excluding carboxylic acids is 2. The molecule has 7 heteroatoms. The van der Waals surface area contributed by atoms with Gasteiger partial charge in [0, 0.05) is 18.1 Å². The van der Waals surface area contributed by atoms with Crippen molar-refractivity contribution in [3.63, 3.8) is 0 Å². The van der Waals surface area contributed by atoms with E-state index in [1.54, 1.807) is 19.1 Å². The molecule has 0 aliphatic heterocycles. The first kappa shape index (κ1) is 22.7. The number of nitrogens with one attached hydrogen (secondary N) is 1. The van der Waals surface area contributed by atoms with E-state index in [-0.39, 0.29) is 30.8 Å². The van der Waals surface area contributed by atoms with Crippen LogP contribution < -0.4 is 10.1 Å². The monoisotopic (exact) mass is 420 g/mol. The summed E-state index contributed by atoms with van der Waals surface area (Å²) in [5, 5.41) is 3.36. The van der Waals surface area contributed by atoms with Gasteiger partial charge in [-0.3, -0.25) is 9.59 Å². The average Bonchev–Trinajstić information content (AvgIpc) is 2.70. The second-order valence-electron chi connectivity index (χ2n) is 7.17. The second kappa shape index (κ2) is 10.8. The Kier molecular flexibility index (Phi) is 8.46. The van der Waals surface area contributed by atoms with Crippen molar-refractivity contribution in [2.75, 3.05) is 13.2 Å². The molecule has 0 heterocycles. The molecule has 2 aromatic rings. The average molecular weight is 421 g/mol. The van der Waals surface area contributed by atoms with E-state index in [2.05, 4.69) is 5.32 Å². The summed E-state index contributed by atoms with van der Waals surface area (Å²) in [4.78, 5) is 26.9. The first-order valence-electron chi connectivity index (χ1n) is 9.47. The Balaban J connectivity index is 2.13. The molecule has 0 aliphatic rings. The molecule has 0 saturated carbocycles. The normalized spacial score (nSPS) is 11.8. The third-order valence-corrected chi connectivity index (χ3v) is 4.70. The van der Waals surface area contributed by atoms with Crippen LogP contribution in [0.3, 0.4) is 0 Å². The predicted octanol–water partition coefficient (Wildman–Crippen LogP) is 4.05. The number of halogens is 2. The van der Waals surface area contributed by atoms with Crippen molar-refractivity contribution < 1.29 is 18.7 Å². The topological polar surface area (TPSA) is 58.6 Å². The molecule has 5 nitrogen and oxygen atoms in total. The van der Waals surface area contributed by atoms with E-state index in [0.29, 0.717) is 23.2 Å². The highest BCUT2D eigenvalue weighted by Crippen LogP contribution is 2.19. The van der Waals surface area contributed by atoms with Gasteiger partial charge in [0.25, 0.3) is 5.91 Å². The summed E-state index contributed by atoms with van der Waals surface area (Å²) in [6, 6.07) is 11.8. The van der Waals surface area contributed by atoms with E-state index in [1.165, 1.54) is 29.2 Å². The van der Waals surface area contributed by atoms with Crippen LogP contribution in [0.2, 0.25) is 5.02 Å². The predicted molar refractivity (Wildman–Crippen MR) is 111 cm³/mol. The molecule has 2 rings (SSSR count). The third-order valence-electron chi connectivity index (χ3n) is 4.33. The molecule has 0 saturated heterocycles. The number of amides is 2. The Bertz CT molecular complexity index is 827. The van der Waals surface area contributed by atoms with E-state index >= 15 is 0 Å². The van der Waals surface area contributed by atoms with Crippen molar-refractivity contribution >= 4 is 23.4 Å². The SMILES string of the molecule is CC(C)CNC(=O)[C@H](C)N(Cc1ccccc1Cl)C(=O)COc1ccc(F)cc1. The summed E-state index contributed by atoms with van der Waals surface area (Å²) >= 11 is 6.24. The minimum Gasteiger partial charge on any atom is -0.484 e. The highest BCUT2D eigenvalue weighted by Gasteiger charge is 2.27. The van der Waals surface area contributed by atoms with Crippen LogP contribution in [-0.4, -0.2) is 35.9 Å². The van der Waals surface area contributed by atoms with Crippen LogP contribution in [0.4, 0.5) is 4.39 Å². The largest absolute Gasteiger partial charge is 0.484 e. The van der Waals surface area contributed by atoms with E-state index in [9.17, 15) is 14.0 Å². The summed E-state index contributed by atoms with van der Waals surface area (Å²) < 4.78 is 18.5. The fourth-order valence-corrected chi connectivity index (χ4v) is 2.80. The summed E-state index contributed by atoms with van der Waals surface area (Å²) in [5.41, 5.74) is 0.729. The van der Waals surface area contributed by atoms with Crippen LogP contribution >= 0.6 is 11.6 Å². The lowest BCUT2D eigenvalue weighted by atomic mass is 10.1. The van der Waals surface area contributed by atoms with Gasteiger partial charge in [0.05, 0.1) is 0 Å². The number of nitrogens with zero attached hydrogens (tertiary/aromatic N) is 1. The Morgan fingerprint density at radius 2 is 1.76 bits per heavy atom. The Hall–Kier alpha value is -2.60. The van der Waals surface area contributed by atoms with Gasteiger partial charge in [-0.25, -0.2) is 4.39 Å². The fraction of sp³-hybridized carbons (Fsp3) is 0.364. The van der Waals surface area contributed by atoms with Crippen LogP contribution in [0.5, 0.6) is 5.75 Å². The molecular weight excluding hydrogens is 395 g/mol. The van der Waals surface area contributed by atoms with Gasteiger partial charge >= 0.3 is 0 Å². The first-order chi connectivity index (χ1) is 13.8. The maximum atomic E-state index is 13.0. The van der Waals surface area contributed by atoms with Crippen LogP contribution in [-0.2, 0) is 16.1 Å². The summed E-state index contributed by atoms with van der Waals surface area (Å²) in [6.45, 7) is 6.06. The standard InChI is InChI=1S/C22H26ClFN2O3/c1-15(2)12-25-22(28)16(3)26(13-17-6-4-5-7-20(17)23)21(27)14-29-19-10-8-18(24)9-11-19/h4-11,15-16H,12-14H2,1-3H3,(H,25,28)/t16-/m0/s1. The number of rotatable bonds is 9. The number of ether oxygens (including phenoxy) is 1. The van der Waals surface area contributed by atoms with Gasteiger partial charge in [-0.05, 0) is 48.7 Å². The van der Waals surface area contributed by atoms with Crippen LogP contribution in [0.25, 0.3) is 0 Å². The van der Waals surface area contributed by atoms with Crippen molar-refractivity contribution in [1.29, 1.82) is 0 Å². The maximum Gasteiger partial charge on any atom is 0.261 e. The van der Waals surface area contributed by atoms with E-state index < -0.39 is 6.04 Å².